The van der Waals surface area contributed by atoms with Crippen molar-refractivity contribution in [2.75, 3.05) is 33.7 Å². The molecular weight excluding hydrogens is 228 g/mol. The largest absolute Gasteiger partial charge is 0.345 e. The Kier molecular flexibility index (Phi) is 4.38. The summed E-state index contributed by atoms with van der Waals surface area (Å²) in [6.45, 7) is 3.11. The second-order valence-corrected chi connectivity index (χ2v) is 5.95. The van der Waals surface area contributed by atoms with E-state index in [9.17, 15) is 9.59 Å². The van der Waals surface area contributed by atoms with Gasteiger partial charge in [0.25, 0.3) is 0 Å². The van der Waals surface area contributed by atoms with Gasteiger partial charge in [-0.1, -0.05) is 0 Å². The van der Waals surface area contributed by atoms with Gasteiger partial charge in [0.05, 0.1) is 0 Å². The minimum atomic E-state index is 0.0897. The number of nitrogens with zero attached hydrogens (tertiary/aromatic N) is 2. The fourth-order valence-electron chi connectivity index (χ4n) is 3.15. The molecule has 4 nitrogen and oxygen atoms in total. The highest BCUT2D eigenvalue weighted by molar-refractivity contribution is 5.84. The zero-order chi connectivity index (χ0) is 13.1. The van der Waals surface area contributed by atoms with Gasteiger partial charge < -0.3 is 9.80 Å². The van der Waals surface area contributed by atoms with Gasteiger partial charge in [-0.05, 0) is 38.8 Å². The molecule has 0 N–H and O–H groups in total. The van der Waals surface area contributed by atoms with Crippen LogP contribution in [0.15, 0.2) is 0 Å². The highest BCUT2D eigenvalue weighted by atomic mass is 16.2. The molecule has 1 amide bonds. The molecule has 4 heteroatoms. The zero-order valence-electron chi connectivity index (χ0n) is 11.5. The second kappa shape index (κ2) is 5.83. The van der Waals surface area contributed by atoms with Gasteiger partial charge in [0.1, 0.15) is 5.78 Å². The molecule has 102 valence electrons. The topological polar surface area (TPSA) is 40.6 Å². The third-order valence-corrected chi connectivity index (χ3v) is 4.29. The van der Waals surface area contributed by atoms with Gasteiger partial charge in [-0.3, -0.25) is 9.59 Å². The van der Waals surface area contributed by atoms with E-state index in [1.165, 1.54) is 6.42 Å². The number of hydrogen-bond acceptors (Lipinski definition) is 3. The molecule has 0 bridgehead atoms. The summed E-state index contributed by atoms with van der Waals surface area (Å²) in [7, 11) is 4.05. The van der Waals surface area contributed by atoms with Crippen molar-refractivity contribution in [3.63, 3.8) is 0 Å². The zero-order valence-corrected chi connectivity index (χ0v) is 11.5. The van der Waals surface area contributed by atoms with Crippen molar-refractivity contribution in [3.05, 3.63) is 0 Å². The Balaban J connectivity index is 1.79. The molecule has 18 heavy (non-hydrogen) atoms. The first-order valence-corrected chi connectivity index (χ1v) is 7.01. The maximum Gasteiger partial charge on any atom is 0.225 e. The molecule has 0 aromatic heterocycles. The SMILES string of the molecule is CN1CCC(CN(C)C(=O)C2CCC(=O)CC2)C1. The van der Waals surface area contributed by atoms with Crippen LogP contribution in [-0.4, -0.2) is 55.2 Å². The van der Waals surface area contributed by atoms with Gasteiger partial charge in [-0.25, -0.2) is 0 Å². The van der Waals surface area contributed by atoms with Crippen LogP contribution < -0.4 is 0 Å². The van der Waals surface area contributed by atoms with Crippen molar-refractivity contribution in [1.82, 2.24) is 9.80 Å². The summed E-state index contributed by atoms with van der Waals surface area (Å²) >= 11 is 0. The molecule has 0 aromatic carbocycles. The first-order chi connectivity index (χ1) is 8.56. The Labute approximate surface area is 109 Å². The van der Waals surface area contributed by atoms with Crippen LogP contribution in [0.5, 0.6) is 0 Å². The van der Waals surface area contributed by atoms with E-state index in [4.69, 9.17) is 0 Å². The van der Waals surface area contributed by atoms with E-state index in [-0.39, 0.29) is 11.8 Å². The van der Waals surface area contributed by atoms with Crippen molar-refractivity contribution in [1.29, 1.82) is 0 Å². The molecule has 2 aliphatic rings. The lowest BCUT2D eigenvalue weighted by molar-refractivity contribution is -0.136. The van der Waals surface area contributed by atoms with Crippen LogP contribution >= 0.6 is 0 Å². The highest BCUT2D eigenvalue weighted by Crippen LogP contribution is 2.24. The number of ketones is 1. The van der Waals surface area contributed by atoms with Gasteiger partial charge in [-0.2, -0.15) is 0 Å². The minimum Gasteiger partial charge on any atom is -0.345 e. The Morgan fingerprint density at radius 3 is 2.56 bits per heavy atom. The van der Waals surface area contributed by atoms with Crippen LogP contribution in [0.4, 0.5) is 0 Å². The quantitative estimate of drug-likeness (QED) is 0.756. The number of likely N-dealkylation sites (tertiary alicyclic amines) is 1. The molecule has 1 heterocycles. The number of carbonyl (C=O) groups excluding carboxylic acids is 2. The molecule has 1 saturated heterocycles. The van der Waals surface area contributed by atoms with Crippen molar-refractivity contribution >= 4 is 11.7 Å². The van der Waals surface area contributed by atoms with Gasteiger partial charge >= 0.3 is 0 Å². The van der Waals surface area contributed by atoms with Gasteiger partial charge in [0.15, 0.2) is 0 Å². The number of carbonyl (C=O) groups is 2. The van der Waals surface area contributed by atoms with Gasteiger partial charge in [0, 0.05) is 38.9 Å². The lowest BCUT2D eigenvalue weighted by Gasteiger charge is -2.27. The van der Waals surface area contributed by atoms with E-state index in [1.807, 2.05) is 11.9 Å². The monoisotopic (exact) mass is 252 g/mol. The summed E-state index contributed by atoms with van der Waals surface area (Å²) < 4.78 is 0. The molecule has 2 fully saturated rings. The van der Waals surface area contributed by atoms with Crippen LogP contribution in [0, 0.1) is 11.8 Å². The van der Waals surface area contributed by atoms with E-state index < -0.39 is 0 Å². The highest BCUT2D eigenvalue weighted by Gasteiger charge is 2.29. The second-order valence-electron chi connectivity index (χ2n) is 5.95. The average Bonchev–Trinajstić information content (AvgIpc) is 2.75. The molecule has 1 aliphatic heterocycles. The fourth-order valence-corrected chi connectivity index (χ4v) is 3.15. The van der Waals surface area contributed by atoms with Crippen LogP contribution in [0.25, 0.3) is 0 Å². The molecule has 2 rings (SSSR count). The Bertz CT molecular complexity index is 320. The Hall–Kier alpha value is -0.900. The number of hydrogen-bond donors (Lipinski definition) is 0. The standard InChI is InChI=1S/C14H24N2O2/c1-15-8-7-11(9-15)10-16(2)14(18)12-3-5-13(17)6-4-12/h11-12H,3-10H2,1-2H3. The molecule has 0 spiro atoms. The maximum absolute atomic E-state index is 12.3. The van der Waals surface area contributed by atoms with Crippen molar-refractivity contribution < 1.29 is 9.59 Å². The summed E-state index contributed by atoms with van der Waals surface area (Å²) in [6, 6.07) is 0. The summed E-state index contributed by atoms with van der Waals surface area (Å²) in [6.07, 6.45) is 3.89. The van der Waals surface area contributed by atoms with E-state index in [0.717, 1.165) is 32.5 Å². The predicted molar refractivity (Wildman–Crippen MR) is 70.2 cm³/mol. The molecule has 1 atom stereocenters. The number of rotatable bonds is 3. The van der Waals surface area contributed by atoms with E-state index in [2.05, 4.69) is 11.9 Å². The van der Waals surface area contributed by atoms with Crippen molar-refractivity contribution in [3.8, 4) is 0 Å². The van der Waals surface area contributed by atoms with Crippen molar-refractivity contribution in [2.45, 2.75) is 32.1 Å². The van der Waals surface area contributed by atoms with Crippen LogP contribution in [0.3, 0.4) is 0 Å². The Morgan fingerprint density at radius 1 is 1.33 bits per heavy atom. The average molecular weight is 252 g/mol. The van der Waals surface area contributed by atoms with E-state index in [1.54, 1.807) is 0 Å². The molecule has 1 unspecified atom stereocenters. The predicted octanol–water partition coefficient (Wildman–Crippen LogP) is 1.16. The van der Waals surface area contributed by atoms with Crippen LogP contribution in [-0.2, 0) is 9.59 Å². The Morgan fingerprint density at radius 2 is 2.00 bits per heavy atom. The first kappa shape index (κ1) is 13.5. The van der Waals surface area contributed by atoms with Crippen LogP contribution in [0.1, 0.15) is 32.1 Å². The van der Waals surface area contributed by atoms with Crippen molar-refractivity contribution in [2.24, 2.45) is 11.8 Å². The molecule has 0 radical (unpaired) electrons. The van der Waals surface area contributed by atoms with E-state index in [0.29, 0.717) is 24.5 Å². The molecule has 1 aliphatic carbocycles. The third-order valence-electron chi connectivity index (χ3n) is 4.29. The normalized spacial score (nSPS) is 26.6. The molecule has 0 aromatic rings. The maximum atomic E-state index is 12.3. The molecule has 1 saturated carbocycles. The van der Waals surface area contributed by atoms with Gasteiger partial charge in [0.2, 0.25) is 5.91 Å². The number of Topliss-reactive ketones (excluding diaryl/α,β-unsaturated/α-hetero) is 1. The lowest BCUT2D eigenvalue weighted by Crippen LogP contribution is -2.38. The summed E-state index contributed by atoms with van der Waals surface area (Å²) in [4.78, 5) is 27.7. The first-order valence-electron chi connectivity index (χ1n) is 7.01. The molecular formula is C14H24N2O2. The number of amides is 1. The summed E-state index contributed by atoms with van der Waals surface area (Å²) in [5.74, 6) is 1.28. The third kappa shape index (κ3) is 3.31. The smallest absolute Gasteiger partial charge is 0.225 e. The fraction of sp³-hybridized carbons (Fsp3) is 0.857. The summed E-state index contributed by atoms with van der Waals surface area (Å²) in [5.41, 5.74) is 0. The minimum absolute atomic E-state index is 0.0897. The lowest BCUT2D eigenvalue weighted by atomic mass is 9.87. The van der Waals surface area contributed by atoms with E-state index >= 15 is 0 Å². The van der Waals surface area contributed by atoms with Gasteiger partial charge in [-0.15, -0.1) is 0 Å². The van der Waals surface area contributed by atoms with Crippen LogP contribution in [0.2, 0.25) is 0 Å². The summed E-state index contributed by atoms with van der Waals surface area (Å²) in [5, 5.41) is 0.